The van der Waals surface area contributed by atoms with Crippen LogP contribution in [0, 0.1) is 0 Å². The lowest BCUT2D eigenvalue weighted by molar-refractivity contribution is -0.115. The number of carbonyl (C=O) groups is 2. The molecule has 0 aliphatic carbocycles. The zero-order valence-electron chi connectivity index (χ0n) is 25.7. The van der Waals surface area contributed by atoms with E-state index in [0.29, 0.717) is 38.3 Å². The number of amides is 2. The molecule has 0 saturated heterocycles. The summed E-state index contributed by atoms with van der Waals surface area (Å²) in [7, 11) is 1.61. The van der Waals surface area contributed by atoms with Gasteiger partial charge in [-0.15, -0.1) is 0 Å². The number of ether oxygens (including phenoxy) is 3. The van der Waals surface area contributed by atoms with Gasteiger partial charge in [-0.05, 0) is 75.3 Å². The SMILES string of the molecule is COc1ccc(CO/N=C(\Cc2ccc(OCCCNC(=O)OCc3ccccc3)c(Br)c2)C(=O)NCCc2ccccc2)cc1. The van der Waals surface area contributed by atoms with Crippen molar-refractivity contribution < 1.29 is 28.6 Å². The Morgan fingerprint density at radius 3 is 2.13 bits per heavy atom. The molecule has 0 radical (unpaired) electrons. The summed E-state index contributed by atoms with van der Waals surface area (Å²) in [6.45, 7) is 1.71. The van der Waals surface area contributed by atoms with Gasteiger partial charge in [-0.25, -0.2) is 4.79 Å². The molecular formula is C36H38BrN3O6. The van der Waals surface area contributed by atoms with Crippen molar-refractivity contribution in [3.8, 4) is 11.5 Å². The zero-order valence-corrected chi connectivity index (χ0v) is 27.3. The fraction of sp³-hybridized carbons (Fsp3) is 0.250. The molecule has 0 spiro atoms. The number of oxime groups is 1. The highest BCUT2D eigenvalue weighted by atomic mass is 79.9. The van der Waals surface area contributed by atoms with E-state index >= 15 is 0 Å². The maximum atomic E-state index is 13.2. The summed E-state index contributed by atoms with van der Waals surface area (Å²) in [6, 6.07) is 32.6. The van der Waals surface area contributed by atoms with E-state index in [4.69, 9.17) is 19.0 Å². The summed E-state index contributed by atoms with van der Waals surface area (Å²) in [5.74, 6) is 1.11. The number of halogens is 1. The molecular weight excluding hydrogens is 650 g/mol. The molecule has 10 heteroatoms. The third kappa shape index (κ3) is 11.9. The van der Waals surface area contributed by atoms with Crippen LogP contribution in [0.5, 0.6) is 11.5 Å². The van der Waals surface area contributed by atoms with Crippen LogP contribution in [0.4, 0.5) is 4.79 Å². The van der Waals surface area contributed by atoms with E-state index in [-0.39, 0.29) is 31.3 Å². The van der Waals surface area contributed by atoms with Crippen LogP contribution in [0.25, 0.3) is 0 Å². The number of nitrogens with one attached hydrogen (secondary N) is 2. The van der Waals surface area contributed by atoms with Crippen LogP contribution in [-0.2, 0) is 40.4 Å². The molecule has 2 N–H and O–H groups in total. The molecule has 0 heterocycles. The summed E-state index contributed by atoms with van der Waals surface area (Å²) in [6.07, 6.45) is 1.09. The summed E-state index contributed by atoms with van der Waals surface area (Å²) in [5, 5.41) is 9.92. The lowest BCUT2D eigenvalue weighted by atomic mass is 10.1. The normalized spacial score (nSPS) is 11.0. The number of rotatable bonds is 17. The highest BCUT2D eigenvalue weighted by molar-refractivity contribution is 9.10. The minimum atomic E-state index is -0.469. The molecule has 0 saturated carbocycles. The second-order valence-electron chi connectivity index (χ2n) is 10.3. The number of hydrogen-bond donors (Lipinski definition) is 2. The van der Waals surface area contributed by atoms with Gasteiger partial charge in [0.25, 0.3) is 5.91 Å². The minimum Gasteiger partial charge on any atom is -0.497 e. The van der Waals surface area contributed by atoms with Gasteiger partial charge in [0.15, 0.2) is 0 Å². The lowest BCUT2D eigenvalue weighted by Gasteiger charge is -2.12. The second kappa shape index (κ2) is 18.9. The maximum absolute atomic E-state index is 13.2. The molecule has 0 aliphatic heterocycles. The first-order valence-electron chi connectivity index (χ1n) is 15.0. The number of benzene rings is 4. The largest absolute Gasteiger partial charge is 0.497 e. The van der Waals surface area contributed by atoms with E-state index < -0.39 is 6.09 Å². The van der Waals surface area contributed by atoms with Gasteiger partial charge in [0.2, 0.25) is 0 Å². The van der Waals surface area contributed by atoms with E-state index in [1.807, 2.05) is 103 Å². The van der Waals surface area contributed by atoms with Crippen molar-refractivity contribution >= 4 is 33.6 Å². The molecule has 2 amide bonds. The van der Waals surface area contributed by atoms with Crippen molar-refractivity contribution in [1.82, 2.24) is 10.6 Å². The Morgan fingerprint density at radius 2 is 1.43 bits per heavy atom. The summed E-state index contributed by atoms with van der Waals surface area (Å²) >= 11 is 3.58. The van der Waals surface area contributed by atoms with Crippen LogP contribution in [0.15, 0.2) is 113 Å². The Kier molecular flexibility index (Phi) is 14.0. The lowest BCUT2D eigenvalue weighted by Crippen LogP contribution is -2.34. The fourth-order valence-corrected chi connectivity index (χ4v) is 4.85. The van der Waals surface area contributed by atoms with E-state index in [1.54, 1.807) is 7.11 Å². The average Bonchev–Trinajstić information content (AvgIpc) is 3.08. The van der Waals surface area contributed by atoms with Crippen molar-refractivity contribution in [2.24, 2.45) is 5.16 Å². The number of hydrogen-bond acceptors (Lipinski definition) is 7. The topological polar surface area (TPSA) is 107 Å². The Morgan fingerprint density at radius 1 is 0.761 bits per heavy atom. The summed E-state index contributed by atoms with van der Waals surface area (Å²) in [4.78, 5) is 30.7. The van der Waals surface area contributed by atoms with Crippen LogP contribution in [0.3, 0.4) is 0 Å². The molecule has 0 unspecified atom stereocenters. The van der Waals surface area contributed by atoms with Crippen molar-refractivity contribution in [3.63, 3.8) is 0 Å². The highest BCUT2D eigenvalue weighted by Crippen LogP contribution is 2.26. The first kappa shape index (κ1) is 34.1. The van der Waals surface area contributed by atoms with Crippen molar-refractivity contribution in [3.05, 3.63) is 130 Å². The standard InChI is InChI=1S/C36H38BrN3O6/c1-43-31-16-13-29(14-17-31)26-46-40-33(35(41)38-21-19-27-9-4-2-5-10-27)24-30-15-18-34(32(37)23-30)44-22-8-20-39-36(42)45-25-28-11-6-3-7-12-28/h2-7,9-18,23H,8,19-22,24-26H2,1H3,(H,38,41)(H,39,42)/b40-33+. The predicted molar refractivity (Wildman–Crippen MR) is 181 cm³/mol. The smallest absolute Gasteiger partial charge is 0.407 e. The van der Waals surface area contributed by atoms with Crippen molar-refractivity contribution in [2.45, 2.75) is 32.5 Å². The van der Waals surface area contributed by atoms with Gasteiger partial charge >= 0.3 is 6.09 Å². The fourth-order valence-electron chi connectivity index (χ4n) is 4.31. The van der Waals surface area contributed by atoms with Gasteiger partial charge in [-0.3, -0.25) is 4.79 Å². The Hall–Kier alpha value is -4.83. The third-order valence-corrected chi connectivity index (χ3v) is 7.42. The summed E-state index contributed by atoms with van der Waals surface area (Å²) < 4.78 is 17.1. The number of carbonyl (C=O) groups excluding carboxylic acids is 2. The van der Waals surface area contributed by atoms with Crippen LogP contribution < -0.4 is 20.1 Å². The average molecular weight is 689 g/mol. The summed E-state index contributed by atoms with van der Waals surface area (Å²) in [5.41, 5.74) is 4.07. The van der Waals surface area contributed by atoms with Crippen LogP contribution in [0.2, 0.25) is 0 Å². The number of alkyl carbamates (subject to hydrolysis) is 1. The monoisotopic (exact) mass is 687 g/mol. The Labute approximate surface area is 278 Å². The first-order valence-corrected chi connectivity index (χ1v) is 15.8. The van der Waals surface area contributed by atoms with Gasteiger partial charge in [0.05, 0.1) is 18.2 Å². The molecule has 46 heavy (non-hydrogen) atoms. The van der Waals surface area contributed by atoms with Crippen molar-refractivity contribution in [2.75, 3.05) is 26.8 Å². The maximum Gasteiger partial charge on any atom is 0.407 e. The molecule has 0 fully saturated rings. The van der Waals surface area contributed by atoms with Crippen molar-refractivity contribution in [1.29, 1.82) is 0 Å². The van der Waals surface area contributed by atoms with Crippen LogP contribution in [0.1, 0.15) is 28.7 Å². The molecule has 240 valence electrons. The van der Waals surface area contributed by atoms with Crippen LogP contribution >= 0.6 is 15.9 Å². The molecule has 9 nitrogen and oxygen atoms in total. The Bertz CT molecular complexity index is 1550. The van der Waals surface area contributed by atoms with Crippen LogP contribution in [-0.4, -0.2) is 44.5 Å². The van der Waals surface area contributed by atoms with E-state index in [1.165, 1.54) is 0 Å². The van der Waals surface area contributed by atoms with Gasteiger partial charge < -0.3 is 29.7 Å². The van der Waals surface area contributed by atoms with Gasteiger partial charge in [-0.1, -0.05) is 84.0 Å². The van der Waals surface area contributed by atoms with E-state index in [9.17, 15) is 9.59 Å². The Balaban J connectivity index is 1.27. The van der Waals surface area contributed by atoms with E-state index in [2.05, 4.69) is 31.7 Å². The van der Waals surface area contributed by atoms with Gasteiger partial charge in [0, 0.05) is 19.5 Å². The third-order valence-electron chi connectivity index (χ3n) is 6.80. The molecule has 4 aromatic carbocycles. The number of nitrogens with zero attached hydrogens (tertiary/aromatic N) is 1. The predicted octanol–water partition coefficient (Wildman–Crippen LogP) is 6.63. The minimum absolute atomic E-state index is 0.209. The molecule has 4 rings (SSSR count). The molecule has 0 atom stereocenters. The molecule has 0 bridgehead atoms. The van der Waals surface area contributed by atoms with Gasteiger partial charge in [0.1, 0.15) is 30.4 Å². The highest BCUT2D eigenvalue weighted by Gasteiger charge is 2.15. The van der Waals surface area contributed by atoms with E-state index in [0.717, 1.165) is 32.5 Å². The first-order chi connectivity index (χ1) is 22.5. The second-order valence-corrected chi connectivity index (χ2v) is 11.1. The molecule has 0 aromatic heterocycles. The molecule has 4 aromatic rings. The molecule has 0 aliphatic rings. The zero-order chi connectivity index (χ0) is 32.4. The quantitative estimate of drug-likeness (QED) is 0.0734. The van der Waals surface area contributed by atoms with Gasteiger partial charge in [-0.2, -0.15) is 0 Å². The number of methoxy groups -OCH3 is 1.